The summed E-state index contributed by atoms with van der Waals surface area (Å²) in [5.74, 6) is -0.649. The number of nitrogens with zero attached hydrogens (tertiary/aromatic N) is 4. The van der Waals surface area contributed by atoms with Crippen molar-refractivity contribution in [3.63, 3.8) is 0 Å². The van der Waals surface area contributed by atoms with Gasteiger partial charge in [0, 0.05) is 31.2 Å². The summed E-state index contributed by atoms with van der Waals surface area (Å²) in [5, 5.41) is 9.22. The van der Waals surface area contributed by atoms with E-state index in [1.54, 1.807) is 17.0 Å². The average Bonchev–Trinajstić information content (AvgIpc) is 3.47. The first-order chi connectivity index (χ1) is 14.8. The van der Waals surface area contributed by atoms with Crippen LogP contribution in [0.5, 0.6) is 0 Å². The molecular weight excluding hydrogens is 396 g/mol. The molecule has 3 aliphatic rings. The van der Waals surface area contributed by atoms with Crippen molar-refractivity contribution in [2.45, 2.75) is 56.4 Å². The Kier molecular flexibility index (Phi) is 5.69. The van der Waals surface area contributed by atoms with Crippen LogP contribution in [-0.2, 0) is 9.59 Å². The van der Waals surface area contributed by atoms with E-state index in [1.807, 2.05) is 28.9 Å². The second-order valence-electron chi connectivity index (χ2n) is 8.69. The van der Waals surface area contributed by atoms with Crippen molar-refractivity contribution in [1.82, 2.24) is 14.7 Å². The lowest BCUT2D eigenvalue weighted by molar-refractivity contribution is -0.140. The molecule has 0 aliphatic carbocycles. The van der Waals surface area contributed by atoms with Gasteiger partial charge in [-0.25, -0.2) is 0 Å². The predicted octanol–water partition coefficient (Wildman–Crippen LogP) is -0.0265. The number of nitriles is 1. The maximum absolute atomic E-state index is 13.1. The topological polar surface area (TPSA) is 137 Å². The molecule has 0 aromatic heterocycles. The summed E-state index contributed by atoms with van der Waals surface area (Å²) in [6, 6.07) is 7.71. The summed E-state index contributed by atoms with van der Waals surface area (Å²) in [4.78, 5) is 42.6. The molecule has 4 N–H and O–H groups in total. The molecule has 31 heavy (non-hydrogen) atoms. The average molecular weight is 425 g/mol. The third-order valence-corrected chi connectivity index (χ3v) is 6.84. The maximum atomic E-state index is 13.1. The minimum Gasteiger partial charge on any atom is -0.366 e. The molecule has 0 saturated carbocycles. The van der Waals surface area contributed by atoms with Crippen molar-refractivity contribution in [2.75, 3.05) is 19.6 Å². The van der Waals surface area contributed by atoms with Gasteiger partial charge in [-0.2, -0.15) is 5.26 Å². The van der Waals surface area contributed by atoms with Crippen molar-refractivity contribution >= 4 is 17.7 Å². The van der Waals surface area contributed by atoms with E-state index in [0.29, 0.717) is 38.0 Å². The molecule has 3 amide bonds. The van der Waals surface area contributed by atoms with Crippen LogP contribution in [-0.4, -0.2) is 76.2 Å². The number of carbonyl (C=O) groups excluding carboxylic acids is 3. The van der Waals surface area contributed by atoms with Crippen LogP contribution in [0.2, 0.25) is 0 Å². The lowest BCUT2D eigenvalue weighted by Crippen LogP contribution is -2.56. The van der Waals surface area contributed by atoms with Gasteiger partial charge < -0.3 is 21.3 Å². The number of hydrogen-bond acceptors (Lipinski definition) is 6. The molecule has 4 rings (SSSR count). The zero-order chi connectivity index (χ0) is 22.3. The quantitative estimate of drug-likeness (QED) is 0.658. The number of piperazine rings is 1. The molecule has 3 saturated heterocycles. The van der Waals surface area contributed by atoms with Gasteiger partial charge >= 0.3 is 0 Å². The molecule has 164 valence electrons. The fourth-order valence-electron chi connectivity index (χ4n) is 5.19. The normalized spacial score (nSPS) is 27.4. The zero-order valence-corrected chi connectivity index (χ0v) is 17.6. The van der Waals surface area contributed by atoms with Crippen LogP contribution in [0.1, 0.15) is 48.1 Å². The summed E-state index contributed by atoms with van der Waals surface area (Å²) >= 11 is 0. The molecule has 5 atom stereocenters. The van der Waals surface area contributed by atoms with Gasteiger partial charge in [0.15, 0.2) is 0 Å². The van der Waals surface area contributed by atoms with Crippen LogP contribution in [0.25, 0.3) is 0 Å². The first-order valence-electron chi connectivity index (χ1n) is 10.7. The van der Waals surface area contributed by atoms with Gasteiger partial charge in [-0.05, 0) is 43.9 Å². The molecule has 9 nitrogen and oxygen atoms in total. The number of primary amides is 1. The SMILES string of the molecule is CC(c1ccc(C(N)=O)cc1)N1C(=O)C2C[C@H]1CN2CC(N)C(=O)N1CCCC1C#N. The van der Waals surface area contributed by atoms with Crippen LogP contribution < -0.4 is 11.5 Å². The molecule has 3 aliphatic heterocycles. The first kappa shape index (κ1) is 21.3. The Bertz CT molecular complexity index is 926. The molecule has 0 spiro atoms. The zero-order valence-electron chi connectivity index (χ0n) is 17.6. The highest BCUT2D eigenvalue weighted by Gasteiger charge is 2.51. The van der Waals surface area contributed by atoms with E-state index in [1.165, 1.54) is 0 Å². The Labute approximate surface area is 181 Å². The molecular formula is C22H28N6O3. The molecule has 2 bridgehead atoms. The van der Waals surface area contributed by atoms with Crippen LogP contribution in [0.3, 0.4) is 0 Å². The van der Waals surface area contributed by atoms with Crippen LogP contribution in [0.15, 0.2) is 24.3 Å². The number of amides is 3. The van der Waals surface area contributed by atoms with E-state index >= 15 is 0 Å². The van der Waals surface area contributed by atoms with E-state index in [2.05, 4.69) is 6.07 Å². The Morgan fingerprint density at radius 2 is 2.00 bits per heavy atom. The number of fused-ring (bicyclic) bond motifs is 2. The number of nitrogens with two attached hydrogens (primary N) is 2. The maximum Gasteiger partial charge on any atom is 0.248 e. The van der Waals surface area contributed by atoms with Gasteiger partial charge in [-0.1, -0.05) is 12.1 Å². The second kappa shape index (κ2) is 8.29. The van der Waals surface area contributed by atoms with E-state index in [0.717, 1.165) is 12.0 Å². The lowest BCUT2D eigenvalue weighted by Gasteiger charge is -2.38. The Hall–Kier alpha value is -2.96. The summed E-state index contributed by atoms with van der Waals surface area (Å²) < 4.78 is 0. The van der Waals surface area contributed by atoms with Crippen LogP contribution in [0, 0.1) is 11.3 Å². The number of rotatable bonds is 6. The molecule has 3 heterocycles. The minimum atomic E-state index is -0.742. The highest BCUT2D eigenvalue weighted by Crippen LogP contribution is 2.38. The van der Waals surface area contributed by atoms with Gasteiger partial charge in [-0.3, -0.25) is 19.3 Å². The van der Waals surface area contributed by atoms with Gasteiger partial charge in [0.05, 0.1) is 24.2 Å². The van der Waals surface area contributed by atoms with E-state index < -0.39 is 18.0 Å². The van der Waals surface area contributed by atoms with Crippen molar-refractivity contribution in [3.8, 4) is 6.07 Å². The standard InChI is InChI=1S/C22H28N6O3/c1-13(14-4-6-15(7-5-14)20(25)29)28-17-9-19(22(28)31)26(11-17)12-18(24)21(30)27-8-2-3-16(27)10-23/h4-7,13,16-19H,2-3,8-9,11-12,24H2,1H3,(H2,25,29)/t13?,16?,17-,18?,19?/m0/s1. The Morgan fingerprint density at radius 3 is 2.61 bits per heavy atom. The molecule has 3 fully saturated rings. The largest absolute Gasteiger partial charge is 0.366 e. The second-order valence-corrected chi connectivity index (χ2v) is 8.69. The molecule has 0 radical (unpaired) electrons. The van der Waals surface area contributed by atoms with Gasteiger partial charge in [-0.15, -0.1) is 0 Å². The van der Waals surface area contributed by atoms with Crippen LogP contribution in [0.4, 0.5) is 0 Å². The fraction of sp³-hybridized carbons (Fsp3) is 0.545. The fourth-order valence-corrected chi connectivity index (χ4v) is 5.19. The van der Waals surface area contributed by atoms with Crippen LogP contribution >= 0.6 is 0 Å². The first-order valence-corrected chi connectivity index (χ1v) is 10.7. The van der Waals surface area contributed by atoms with Crippen molar-refractivity contribution in [3.05, 3.63) is 35.4 Å². The van der Waals surface area contributed by atoms with Gasteiger partial charge in [0.1, 0.15) is 6.04 Å². The highest BCUT2D eigenvalue weighted by atomic mass is 16.2. The molecule has 1 aromatic carbocycles. The van der Waals surface area contributed by atoms with Crippen molar-refractivity contribution < 1.29 is 14.4 Å². The Balaban J connectivity index is 1.39. The molecule has 1 aromatic rings. The molecule has 9 heteroatoms. The number of likely N-dealkylation sites (tertiary alicyclic amines) is 3. The molecule has 4 unspecified atom stereocenters. The highest BCUT2D eigenvalue weighted by molar-refractivity contribution is 5.92. The third kappa shape index (κ3) is 3.77. The number of hydrogen-bond donors (Lipinski definition) is 2. The lowest BCUT2D eigenvalue weighted by atomic mass is 10.0. The summed E-state index contributed by atoms with van der Waals surface area (Å²) in [6.45, 7) is 3.53. The van der Waals surface area contributed by atoms with E-state index in [4.69, 9.17) is 11.5 Å². The summed E-state index contributed by atoms with van der Waals surface area (Å²) in [7, 11) is 0. The number of carbonyl (C=O) groups is 3. The number of benzene rings is 1. The van der Waals surface area contributed by atoms with Crippen molar-refractivity contribution in [2.24, 2.45) is 11.5 Å². The van der Waals surface area contributed by atoms with Crippen molar-refractivity contribution in [1.29, 1.82) is 5.26 Å². The monoisotopic (exact) mass is 424 g/mol. The van der Waals surface area contributed by atoms with Gasteiger partial charge in [0.25, 0.3) is 0 Å². The summed E-state index contributed by atoms with van der Waals surface area (Å²) in [5.41, 5.74) is 12.9. The van der Waals surface area contributed by atoms with E-state index in [9.17, 15) is 19.6 Å². The summed E-state index contributed by atoms with van der Waals surface area (Å²) in [6.07, 6.45) is 2.22. The van der Waals surface area contributed by atoms with E-state index in [-0.39, 0.29) is 29.9 Å². The van der Waals surface area contributed by atoms with Gasteiger partial charge in [0.2, 0.25) is 17.7 Å². The Morgan fingerprint density at radius 1 is 1.29 bits per heavy atom. The smallest absolute Gasteiger partial charge is 0.248 e. The minimum absolute atomic E-state index is 0.0402. The predicted molar refractivity (Wildman–Crippen MR) is 112 cm³/mol. The third-order valence-electron chi connectivity index (χ3n) is 6.84.